The highest BCUT2D eigenvalue weighted by molar-refractivity contribution is 5.93. The maximum atomic E-state index is 3.33. The first kappa shape index (κ1) is 9.86. The zero-order valence-electron chi connectivity index (χ0n) is 9.88. The standard InChI is InChI=1S/C15H17N/c1-10(16-2)13-9-8-12-7-6-11-4-3-5-14(13)15(11)12/h3-5,8-10,16H,6-7H2,1-2H3. The van der Waals surface area contributed by atoms with E-state index in [4.69, 9.17) is 0 Å². The van der Waals surface area contributed by atoms with Gasteiger partial charge in [0.15, 0.2) is 0 Å². The third-order valence-electron chi connectivity index (χ3n) is 3.81. The molecule has 2 aromatic rings. The molecule has 0 amide bonds. The van der Waals surface area contributed by atoms with Crippen molar-refractivity contribution < 1.29 is 0 Å². The van der Waals surface area contributed by atoms with Gasteiger partial charge in [0.05, 0.1) is 0 Å². The molecule has 0 bridgehead atoms. The van der Waals surface area contributed by atoms with Gasteiger partial charge in [-0.1, -0.05) is 30.3 Å². The number of benzene rings is 2. The minimum Gasteiger partial charge on any atom is -0.313 e. The van der Waals surface area contributed by atoms with E-state index in [2.05, 4.69) is 42.6 Å². The van der Waals surface area contributed by atoms with E-state index in [-0.39, 0.29) is 0 Å². The smallest absolute Gasteiger partial charge is 0.0295 e. The second kappa shape index (κ2) is 3.60. The van der Waals surface area contributed by atoms with Crippen molar-refractivity contribution in [3.05, 3.63) is 47.0 Å². The van der Waals surface area contributed by atoms with Crippen molar-refractivity contribution >= 4 is 10.8 Å². The van der Waals surface area contributed by atoms with Gasteiger partial charge in [-0.3, -0.25) is 0 Å². The summed E-state index contributed by atoms with van der Waals surface area (Å²) >= 11 is 0. The van der Waals surface area contributed by atoms with Gasteiger partial charge in [0, 0.05) is 6.04 Å². The van der Waals surface area contributed by atoms with Gasteiger partial charge < -0.3 is 5.32 Å². The van der Waals surface area contributed by atoms with Crippen molar-refractivity contribution in [3.8, 4) is 0 Å². The summed E-state index contributed by atoms with van der Waals surface area (Å²) in [6, 6.07) is 11.7. The molecule has 0 aliphatic heterocycles. The summed E-state index contributed by atoms with van der Waals surface area (Å²) in [6.45, 7) is 2.22. The van der Waals surface area contributed by atoms with Crippen LogP contribution in [0.4, 0.5) is 0 Å². The minimum absolute atomic E-state index is 0.421. The number of aryl methyl sites for hydroxylation is 2. The molecule has 0 heterocycles. The van der Waals surface area contributed by atoms with Crippen molar-refractivity contribution in [1.82, 2.24) is 5.32 Å². The lowest BCUT2D eigenvalue weighted by molar-refractivity contribution is 0.657. The van der Waals surface area contributed by atoms with E-state index in [9.17, 15) is 0 Å². The Hall–Kier alpha value is -1.34. The number of hydrogen-bond donors (Lipinski definition) is 1. The molecule has 1 aliphatic carbocycles. The summed E-state index contributed by atoms with van der Waals surface area (Å²) in [4.78, 5) is 0. The van der Waals surface area contributed by atoms with Gasteiger partial charge in [-0.05, 0) is 54.3 Å². The van der Waals surface area contributed by atoms with E-state index in [1.165, 1.54) is 40.3 Å². The lowest BCUT2D eigenvalue weighted by Crippen LogP contribution is -2.12. The lowest BCUT2D eigenvalue weighted by atomic mass is 9.96. The van der Waals surface area contributed by atoms with Crippen LogP contribution in [0.5, 0.6) is 0 Å². The Morgan fingerprint density at radius 2 is 1.81 bits per heavy atom. The normalized spacial score (nSPS) is 15.6. The Labute approximate surface area is 96.5 Å². The SMILES string of the molecule is CNC(C)c1ccc2c3c(cccc13)CC2. The molecule has 1 nitrogen and oxygen atoms in total. The van der Waals surface area contributed by atoms with Gasteiger partial charge in [0.25, 0.3) is 0 Å². The molecule has 0 saturated heterocycles. The first-order chi connectivity index (χ1) is 7.81. The minimum atomic E-state index is 0.421. The topological polar surface area (TPSA) is 12.0 Å². The predicted octanol–water partition coefficient (Wildman–Crippen LogP) is 3.22. The Bertz CT molecular complexity index is 532. The molecule has 0 fully saturated rings. The van der Waals surface area contributed by atoms with Crippen LogP contribution in [0.3, 0.4) is 0 Å². The third kappa shape index (κ3) is 1.28. The van der Waals surface area contributed by atoms with Crippen LogP contribution in [-0.4, -0.2) is 7.05 Å². The van der Waals surface area contributed by atoms with Crippen LogP contribution in [0.15, 0.2) is 30.3 Å². The van der Waals surface area contributed by atoms with Gasteiger partial charge in [-0.25, -0.2) is 0 Å². The van der Waals surface area contributed by atoms with Crippen molar-refractivity contribution in [2.45, 2.75) is 25.8 Å². The average molecular weight is 211 g/mol. The van der Waals surface area contributed by atoms with E-state index in [1.807, 2.05) is 7.05 Å². The van der Waals surface area contributed by atoms with E-state index < -0.39 is 0 Å². The van der Waals surface area contributed by atoms with Gasteiger partial charge in [0.2, 0.25) is 0 Å². The fraction of sp³-hybridized carbons (Fsp3) is 0.333. The fourth-order valence-electron chi connectivity index (χ4n) is 2.80. The monoisotopic (exact) mass is 211 g/mol. The van der Waals surface area contributed by atoms with E-state index in [1.54, 1.807) is 0 Å². The largest absolute Gasteiger partial charge is 0.313 e. The lowest BCUT2D eigenvalue weighted by Gasteiger charge is -2.15. The van der Waals surface area contributed by atoms with E-state index in [0.717, 1.165) is 0 Å². The summed E-state index contributed by atoms with van der Waals surface area (Å²) in [7, 11) is 2.02. The highest BCUT2D eigenvalue weighted by Gasteiger charge is 2.17. The zero-order chi connectivity index (χ0) is 11.1. The quantitative estimate of drug-likeness (QED) is 0.804. The molecule has 1 aliphatic rings. The Morgan fingerprint density at radius 3 is 2.56 bits per heavy atom. The van der Waals surface area contributed by atoms with Gasteiger partial charge >= 0.3 is 0 Å². The zero-order valence-corrected chi connectivity index (χ0v) is 9.88. The predicted molar refractivity (Wildman–Crippen MR) is 68.8 cm³/mol. The molecule has 82 valence electrons. The number of rotatable bonds is 2. The van der Waals surface area contributed by atoms with Crippen molar-refractivity contribution in [2.75, 3.05) is 7.05 Å². The Morgan fingerprint density at radius 1 is 1.06 bits per heavy atom. The van der Waals surface area contributed by atoms with Crippen LogP contribution < -0.4 is 5.32 Å². The van der Waals surface area contributed by atoms with Crippen LogP contribution in [0.25, 0.3) is 10.8 Å². The third-order valence-corrected chi connectivity index (χ3v) is 3.81. The first-order valence-electron chi connectivity index (χ1n) is 6.02. The molecule has 0 aromatic heterocycles. The van der Waals surface area contributed by atoms with Crippen molar-refractivity contribution in [1.29, 1.82) is 0 Å². The molecular weight excluding hydrogens is 194 g/mol. The highest BCUT2D eigenvalue weighted by Crippen LogP contribution is 2.34. The van der Waals surface area contributed by atoms with Crippen LogP contribution in [-0.2, 0) is 12.8 Å². The Kier molecular flexibility index (Phi) is 2.22. The maximum absolute atomic E-state index is 3.33. The second-order valence-electron chi connectivity index (χ2n) is 4.66. The van der Waals surface area contributed by atoms with Crippen molar-refractivity contribution in [3.63, 3.8) is 0 Å². The molecule has 1 unspecified atom stereocenters. The van der Waals surface area contributed by atoms with Gasteiger partial charge in [0.1, 0.15) is 0 Å². The summed E-state index contributed by atoms with van der Waals surface area (Å²) in [5.41, 5.74) is 4.47. The highest BCUT2D eigenvalue weighted by atomic mass is 14.9. The molecular formula is C15H17N. The van der Waals surface area contributed by atoms with E-state index in [0.29, 0.717) is 6.04 Å². The molecule has 3 rings (SSSR count). The fourth-order valence-corrected chi connectivity index (χ4v) is 2.80. The average Bonchev–Trinajstić information content (AvgIpc) is 2.74. The number of nitrogens with one attached hydrogen (secondary N) is 1. The molecule has 2 aromatic carbocycles. The molecule has 1 N–H and O–H groups in total. The van der Waals surface area contributed by atoms with Gasteiger partial charge in [-0.2, -0.15) is 0 Å². The summed E-state index contributed by atoms with van der Waals surface area (Å²) in [5, 5.41) is 6.29. The van der Waals surface area contributed by atoms with E-state index >= 15 is 0 Å². The van der Waals surface area contributed by atoms with Crippen LogP contribution >= 0.6 is 0 Å². The number of hydrogen-bond acceptors (Lipinski definition) is 1. The summed E-state index contributed by atoms with van der Waals surface area (Å²) < 4.78 is 0. The molecule has 0 spiro atoms. The van der Waals surface area contributed by atoms with Crippen LogP contribution in [0.1, 0.15) is 29.7 Å². The molecule has 0 saturated carbocycles. The van der Waals surface area contributed by atoms with Gasteiger partial charge in [-0.15, -0.1) is 0 Å². The molecule has 16 heavy (non-hydrogen) atoms. The second-order valence-corrected chi connectivity index (χ2v) is 4.66. The van der Waals surface area contributed by atoms with Crippen LogP contribution in [0, 0.1) is 0 Å². The molecule has 1 atom stereocenters. The maximum Gasteiger partial charge on any atom is 0.0295 e. The molecule has 1 heteroatoms. The van der Waals surface area contributed by atoms with Crippen molar-refractivity contribution in [2.24, 2.45) is 0 Å². The molecule has 0 radical (unpaired) electrons. The summed E-state index contributed by atoms with van der Waals surface area (Å²) in [6.07, 6.45) is 2.42. The first-order valence-corrected chi connectivity index (χ1v) is 6.02. The summed E-state index contributed by atoms with van der Waals surface area (Å²) in [5.74, 6) is 0. The Balaban J connectivity index is 2.33. The van der Waals surface area contributed by atoms with Crippen LogP contribution in [0.2, 0.25) is 0 Å².